The first kappa shape index (κ1) is 24.7. The van der Waals surface area contributed by atoms with E-state index in [-0.39, 0.29) is 11.7 Å². The SMILES string of the molecule is COc1cc(/C=C/C(=O)N2CCN(Cc3nc(-c4ccc(F)cc4)cs3)CC2)cc(OC)c1OC. The van der Waals surface area contributed by atoms with Gasteiger partial charge in [0.05, 0.1) is 33.6 Å². The molecule has 7 nitrogen and oxygen atoms in total. The minimum absolute atomic E-state index is 0.0359. The molecule has 0 saturated carbocycles. The van der Waals surface area contributed by atoms with E-state index in [0.29, 0.717) is 30.3 Å². The van der Waals surface area contributed by atoms with Gasteiger partial charge in [0, 0.05) is 43.2 Å². The fourth-order valence-electron chi connectivity index (χ4n) is 3.92. The maximum absolute atomic E-state index is 13.2. The molecule has 4 rings (SSSR count). The maximum Gasteiger partial charge on any atom is 0.246 e. The van der Waals surface area contributed by atoms with Crippen LogP contribution < -0.4 is 14.2 Å². The van der Waals surface area contributed by atoms with Crippen LogP contribution in [0.1, 0.15) is 10.6 Å². The molecule has 1 fully saturated rings. The highest BCUT2D eigenvalue weighted by Crippen LogP contribution is 2.38. The van der Waals surface area contributed by atoms with Crippen molar-refractivity contribution in [2.75, 3.05) is 47.5 Å². The first-order valence-electron chi connectivity index (χ1n) is 11.2. The van der Waals surface area contributed by atoms with E-state index in [4.69, 9.17) is 19.2 Å². The second-order valence-corrected chi connectivity index (χ2v) is 8.97. The summed E-state index contributed by atoms with van der Waals surface area (Å²) in [6, 6.07) is 9.98. The lowest BCUT2D eigenvalue weighted by molar-refractivity contribution is -0.127. The normalized spacial score (nSPS) is 14.3. The molecule has 1 saturated heterocycles. The molecule has 2 heterocycles. The fraction of sp³-hybridized carbons (Fsp3) is 0.308. The minimum Gasteiger partial charge on any atom is -0.493 e. The number of hydrogen-bond donors (Lipinski definition) is 0. The van der Waals surface area contributed by atoms with Crippen molar-refractivity contribution in [1.29, 1.82) is 0 Å². The van der Waals surface area contributed by atoms with Gasteiger partial charge in [-0.05, 0) is 48.0 Å². The molecule has 1 amide bonds. The molecule has 9 heteroatoms. The van der Waals surface area contributed by atoms with Gasteiger partial charge in [0.15, 0.2) is 11.5 Å². The summed E-state index contributed by atoms with van der Waals surface area (Å²) in [5.41, 5.74) is 2.55. The highest BCUT2D eigenvalue weighted by molar-refractivity contribution is 7.09. The van der Waals surface area contributed by atoms with Gasteiger partial charge in [0.25, 0.3) is 0 Å². The van der Waals surface area contributed by atoms with Crippen LogP contribution in [0.25, 0.3) is 17.3 Å². The summed E-state index contributed by atoms with van der Waals surface area (Å²) in [4.78, 5) is 21.6. The molecule has 3 aromatic rings. The molecule has 0 radical (unpaired) electrons. The standard InChI is InChI=1S/C26H28FN3O4S/c1-32-22-14-18(15-23(33-2)26(22)34-3)4-9-25(31)30-12-10-29(11-13-30)16-24-28-21(17-35-24)19-5-7-20(27)8-6-19/h4-9,14-15,17H,10-13,16H2,1-3H3/b9-4+. The molecule has 1 aliphatic heterocycles. The number of carbonyl (C=O) groups is 1. The summed E-state index contributed by atoms with van der Waals surface area (Å²) in [5, 5.41) is 3.00. The zero-order chi connectivity index (χ0) is 24.8. The average Bonchev–Trinajstić information content (AvgIpc) is 3.35. The van der Waals surface area contributed by atoms with Gasteiger partial charge >= 0.3 is 0 Å². The van der Waals surface area contributed by atoms with Gasteiger partial charge in [-0.25, -0.2) is 9.37 Å². The molecule has 1 aromatic heterocycles. The van der Waals surface area contributed by atoms with Crippen molar-refractivity contribution in [2.45, 2.75) is 6.54 Å². The van der Waals surface area contributed by atoms with Gasteiger partial charge in [-0.3, -0.25) is 9.69 Å². The van der Waals surface area contributed by atoms with Crippen molar-refractivity contribution >= 4 is 23.3 Å². The van der Waals surface area contributed by atoms with Gasteiger partial charge < -0.3 is 19.1 Å². The van der Waals surface area contributed by atoms with Crippen molar-refractivity contribution in [3.63, 3.8) is 0 Å². The molecule has 0 N–H and O–H groups in total. The predicted octanol–water partition coefficient (Wildman–Crippen LogP) is 4.33. The van der Waals surface area contributed by atoms with Gasteiger partial charge in [0.1, 0.15) is 10.8 Å². The van der Waals surface area contributed by atoms with E-state index in [1.807, 2.05) is 10.3 Å². The Bertz CT molecular complexity index is 1160. The van der Waals surface area contributed by atoms with Crippen LogP contribution in [0.3, 0.4) is 0 Å². The van der Waals surface area contributed by atoms with Crippen LogP contribution in [0, 0.1) is 5.82 Å². The van der Waals surface area contributed by atoms with Gasteiger partial charge in [-0.2, -0.15) is 0 Å². The van der Waals surface area contributed by atoms with Gasteiger partial charge in [-0.1, -0.05) is 0 Å². The predicted molar refractivity (Wildman–Crippen MR) is 134 cm³/mol. The van der Waals surface area contributed by atoms with E-state index in [1.54, 1.807) is 69.1 Å². The van der Waals surface area contributed by atoms with Crippen LogP contribution in [-0.4, -0.2) is 68.2 Å². The van der Waals surface area contributed by atoms with E-state index >= 15 is 0 Å². The number of piperazine rings is 1. The molecular formula is C26H28FN3O4S. The van der Waals surface area contributed by atoms with Gasteiger partial charge in [0.2, 0.25) is 11.7 Å². The Morgan fingerprint density at radius 3 is 2.29 bits per heavy atom. The number of ether oxygens (including phenoxy) is 3. The molecule has 0 aliphatic carbocycles. The lowest BCUT2D eigenvalue weighted by atomic mass is 10.1. The lowest BCUT2D eigenvalue weighted by Crippen LogP contribution is -2.47. The second-order valence-electron chi connectivity index (χ2n) is 8.03. The number of thiazole rings is 1. The van der Waals surface area contributed by atoms with Gasteiger partial charge in [-0.15, -0.1) is 11.3 Å². The van der Waals surface area contributed by atoms with Crippen molar-refractivity contribution in [1.82, 2.24) is 14.8 Å². The van der Waals surface area contributed by atoms with E-state index in [9.17, 15) is 9.18 Å². The molecule has 0 atom stereocenters. The smallest absolute Gasteiger partial charge is 0.246 e. The fourth-order valence-corrected chi connectivity index (χ4v) is 4.77. The third-order valence-corrected chi connectivity index (χ3v) is 6.67. The number of aromatic nitrogens is 1. The summed E-state index contributed by atoms with van der Waals surface area (Å²) in [6.07, 6.45) is 3.33. The number of methoxy groups -OCH3 is 3. The van der Waals surface area contributed by atoms with Crippen LogP contribution in [0.4, 0.5) is 4.39 Å². The maximum atomic E-state index is 13.2. The van der Waals surface area contributed by atoms with Crippen molar-refractivity contribution in [3.8, 4) is 28.5 Å². The van der Waals surface area contributed by atoms with Crippen molar-refractivity contribution < 1.29 is 23.4 Å². The van der Waals surface area contributed by atoms with Crippen molar-refractivity contribution in [2.24, 2.45) is 0 Å². The monoisotopic (exact) mass is 497 g/mol. The zero-order valence-electron chi connectivity index (χ0n) is 20.0. The number of carbonyl (C=O) groups excluding carboxylic acids is 1. The first-order chi connectivity index (χ1) is 17.0. The molecular weight excluding hydrogens is 469 g/mol. The number of benzene rings is 2. The van der Waals surface area contributed by atoms with E-state index in [0.717, 1.165) is 41.5 Å². The second kappa shape index (κ2) is 11.3. The summed E-state index contributed by atoms with van der Waals surface area (Å²) in [7, 11) is 4.67. The van der Waals surface area contributed by atoms with Crippen LogP contribution in [-0.2, 0) is 11.3 Å². The Balaban J connectivity index is 1.31. The minimum atomic E-state index is -0.255. The quantitative estimate of drug-likeness (QED) is 0.432. The highest BCUT2D eigenvalue weighted by Gasteiger charge is 2.21. The van der Waals surface area contributed by atoms with Crippen LogP contribution in [0.15, 0.2) is 47.9 Å². The molecule has 2 aromatic carbocycles. The van der Waals surface area contributed by atoms with Crippen molar-refractivity contribution in [3.05, 3.63) is 64.2 Å². The third kappa shape index (κ3) is 5.98. The highest BCUT2D eigenvalue weighted by atomic mass is 32.1. The largest absolute Gasteiger partial charge is 0.493 e. The Hall–Kier alpha value is -3.43. The topological polar surface area (TPSA) is 64.1 Å². The van der Waals surface area contributed by atoms with Crippen LogP contribution >= 0.6 is 11.3 Å². The van der Waals surface area contributed by atoms with E-state index in [2.05, 4.69) is 4.90 Å². The third-order valence-electron chi connectivity index (χ3n) is 5.84. The van der Waals surface area contributed by atoms with Crippen LogP contribution in [0.5, 0.6) is 17.2 Å². The number of hydrogen-bond acceptors (Lipinski definition) is 7. The number of nitrogens with zero attached hydrogens (tertiary/aromatic N) is 3. The molecule has 184 valence electrons. The Labute approximate surface area is 208 Å². The molecule has 35 heavy (non-hydrogen) atoms. The van der Waals surface area contributed by atoms with E-state index < -0.39 is 0 Å². The first-order valence-corrected chi connectivity index (χ1v) is 12.1. The van der Waals surface area contributed by atoms with E-state index in [1.165, 1.54) is 12.1 Å². The average molecular weight is 498 g/mol. The Morgan fingerprint density at radius 2 is 1.69 bits per heavy atom. The number of halogens is 1. The summed E-state index contributed by atoms with van der Waals surface area (Å²) in [6.45, 7) is 3.57. The number of amides is 1. The molecule has 0 unspecified atom stereocenters. The lowest BCUT2D eigenvalue weighted by Gasteiger charge is -2.33. The number of rotatable bonds is 8. The molecule has 0 bridgehead atoms. The zero-order valence-corrected chi connectivity index (χ0v) is 20.8. The van der Waals surface area contributed by atoms with Crippen LogP contribution in [0.2, 0.25) is 0 Å². The summed E-state index contributed by atoms with van der Waals surface area (Å²) in [5.74, 6) is 1.30. The molecule has 0 spiro atoms. The molecule has 1 aliphatic rings. The Morgan fingerprint density at radius 1 is 1.03 bits per heavy atom. The summed E-state index contributed by atoms with van der Waals surface area (Å²) >= 11 is 1.60. The summed E-state index contributed by atoms with van der Waals surface area (Å²) < 4.78 is 29.3. The Kier molecular flexibility index (Phi) is 7.99.